The molecule has 0 aliphatic carbocycles. The molecule has 3 rings (SSSR count). The van der Waals surface area contributed by atoms with E-state index in [1.165, 1.54) is 13.0 Å². The van der Waals surface area contributed by atoms with Crippen molar-refractivity contribution in [3.8, 4) is 11.1 Å². The molecule has 0 radical (unpaired) electrons. The molecule has 3 aromatic rings. The first-order valence-electron chi connectivity index (χ1n) is 6.97. The van der Waals surface area contributed by atoms with Gasteiger partial charge in [-0.15, -0.1) is 11.3 Å². The highest BCUT2D eigenvalue weighted by Crippen LogP contribution is 2.41. The molecule has 0 spiro atoms. The van der Waals surface area contributed by atoms with Crippen molar-refractivity contribution in [1.82, 2.24) is 6.15 Å². The van der Waals surface area contributed by atoms with Gasteiger partial charge >= 0.3 is 5.97 Å². The molecule has 0 bridgehead atoms. The molecule has 8 heteroatoms. The highest BCUT2D eigenvalue weighted by atomic mass is 32.1. The van der Waals surface area contributed by atoms with Gasteiger partial charge in [-0.3, -0.25) is 0 Å². The fraction of sp³-hybridized carbons (Fsp3) is 0.118. The summed E-state index contributed by atoms with van der Waals surface area (Å²) >= 11 is 0.751. The first-order chi connectivity index (χ1) is 11.3. The first-order valence-corrected chi connectivity index (χ1v) is 7.78. The lowest BCUT2D eigenvalue weighted by atomic mass is 9.97. The predicted octanol–water partition coefficient (Wildman–Crippen LogP) is 5.55. The van der Waals surface area contributed by atoms with E-state index < -0.39 is 34.8 Å². The minimum absolute atomic E-state index is 0. The van der Waals surface area contributed by atoms with Gasteiger partial charge in [0.25, 0.3) is 0 Å². The second-order valence-corrected chi connectivity index (χ2v) is 6.17. The number of fused-ring (bicyclic) bond motifs is 1. The minimum atomic E-state index is -1.35. The van der Waals surface area contributed by atoms with Crippen LogP contribution < -0.4 is 6.15 Å². The topological polar surface area (TPSA) is 72.3 Å². The Morgan fingerprint density at radius 3 is 2.40 bits per heavy atom. The van der Waals surface area contributed by atoms with Gasteiger partial charge in [0, 0.05) is 26.8 Å². The average molecular weight is 371 g/mol. The van der Waals surface area contributed by atoms with Crippen molar-refractivity contribution in [3.05, 3.63) is 58.0 Å². The monoisotopic (exact) mass is 371 g/mol. The van der Waals surface area contributed by atoms with E-state index in [1.807, 2.05) is 0 Å². The van der Waals surface area contributed by atoms with E-state index in [4.69, 9.17) is 0 Å². The van der Waals surface area contributed by atoms with Crippen LogP contribution >= 0.6 is 11.3 Å². The molecular weight excluding hydrogens is 358 g/mol. The molecule has 132 valence electrons. The van der Waals surface area contributed by atoms with E-state index in [2.05, 4.69) is 0 Å². The maximum absolute atomic E-state index is 14.7. The van der Waals surface area contributed by atoms with Crippen LogP contribution in [0.2, 0.25) is 0 Å². The molecule has 0 saturated carbocycles. The van der Waals surface area contributed by atoms with E-state index in [0.29, 0.717) is 6.07 Å². The molecule has 25 heavy (non-hydrogen) atoms. The smallest absolute Gasteiger partial charge is 0.346 e. The van der Waals surface area contributed by atoms with Crippen LogP contribution in [-0.2, 0) is 6.42 Å². The fourth-order valence-electron chi connectivity index (χ4n) is 2.64. The first kappa shape index (κ1) is 18.9. The van der Waals surface area contributed by atoms with Gasteiger partial charge in [0.15, 0.2) is 11.6 Å². The molecule has 0 atom stereocenters. The molecule has 1 heterocycles. The zero-order valence-electron chi connectivity index (χ0n) is 13.0. The van der Waals surface area contributed by atoms with Gasteiger partial charge in [-0.1, -0.05) is 6.92 Å². The summed E-state index contributed by atoms with van der Waals surface area (Å²) in [6.07, 6.45) is -0.0957. The third kappa shape index (κ3) is 2.98. The van der Waals surface area contributed by atoms with Crippen LogP contribution in [0.25, 0.3) is 21.2 Å². The maximum atomic E-state index is 14.7. The summed E-state index contributed by atoms with van der Waals surface area (Å²) in [6, 6.07) is 4.16. The lowest BCUT2D eigenvalue weighted by molar-refractivity contribution is 0.0703. The fourth-order valence-corrected chi connectivity index (χ4v) is 3.72. The molecular formula is C17H13F4NO2S. The van der Waals surface area contributed by atoms with Gasteiger partial charge in [0.2, 0.25) is 0 Å². The van der Waals surface area contributed by atoms with E-state index in [0.717, 1.165) is 23.5 Å². The standard InChI is InChI=1S/C17H10F4O2S.H3N/c1-2-8-14(20)10(6-11(19)15(8)21)13-9-4-3-7(18)5-12(9)24-16(13)17(22)23;/h3-6H,2H2,1H3,(H,22,23);1H3. The summed E-state index contributed by atoms with van der Waals surface area (Å²) < 4.78 is 55.9. The van der Waals surface area contributed by atoms with E-state index in [-0.39, 0.29) is 38.7 Å². The van der Waals surface area contributed by atoms with Crippen molar-refractivity contribution in [2.45, 2.75) is 13.3 Å². The Hall–Kier alpha value is -2.45. The number of rotatable bonds is 3. The van der Waals surface area contributed by atoms with Gasteiger partial charge in [0.05, 0.1) is 0 Å². The summed E-state index contributed by atoms with van der Waals surface area (Å²) in [6.45, 7) is 1.46. The van der Waals surface area contributed by atoms with Crippen LogP contribution in [0, 0.1) is 23.3 Å². The van der Waals surface area contributed by atoms with Crippen LogP contribution in [0.1, 0.15) is 22.2 Å². The van der Waals surface area contributed by atoms with E-state index in [9.17, 15) is 27.5 Å². The van der Waals surface area contributed by atoms with Crippen molar-refractivity contribution in [3.63, 3.8) is 0 Å². The Bertz CT molecular complexity index is 985. The lowest BCUT2D eigenvalue weighted by Gasteiger charge is -2.10. The Labute approximate surface area is 144 Å². The predicted molar refractivity (Wildman–Crippen MR) is 88.5 cm³/mol. The summed E-state index contributed by atoms with van der Waals surface area (Å²) in [4.78, 5) is 11.2. The number of benzene rings is 2. The molecule has 0 amide bonds. The number of carbonyl (C=O) groups is 1. The average Bonchev–Trinajstić information content (AvgIpc) is 2.90. The third-order valence-electron chi connectivity index (χ3n) is 3.72. The molecule has 0 aliphatic heterocycles. The van der Waals surface area contributed by atoms with E-state index >= 15 is 0 Å². The van der Waals surface area contributed by atoms with Crippen LogP contribution in [0.4, 0.5) is 17.6 Å². The Morgan fingerprint density at radius 1 is 1.12 bits per heavy atom. The number of thiophene rings is 1. The number of halogens is 4. The Balaban J connectivity index is 0.00000225. The highest BCUT2D eigenvalue weighted by molar-refractivity contribution is 7.21. The lowest BCUT2D eigenvalue weighted by Crippen LogP contribution is -2.03. The van der Waals surface area contributed by atoms with Crippen molar-refractivity contribution in [2.24, 2.45) is 0 Å². The van der Waals surface area contributed by atoms with Crippen molar-refractivity contribution >= 4 is 27.4 Å². The minimum Gasteiger partial charge on any atom is -0.477 e. The second-order valence-electron chi connectivity index (χ2n) is 5.12. The molecule has 0 saturated heterocycles. The van der Waals surface area contributed by atoms with Crippen molar-refractivity contribution in [1.29, 1.82) is 0 Å². The van der Waals surface area contributed by atoms with Gasteiger partial charge < -0.3 is 11.3 Å². The van der Waals surface area contributed by atoms with Crippen LogP contribution in [0.15, 0.2) is 24.3 Å². The third-order valence-corrected chi connectivity index (χ3v) is 4.86. The maximum Gasteiger partial charge on any atom is 0.346 e. The quantitative estimate of drug-likeness (QED) is 0.468. The number of carboxylic acids is 1. The SMILES string of the molecule is CCc1c(F)c(F)cc(-c2c(C(=O)O)sc3cc(F)ccc23)c1F.N. The zero-order valence-corrected chi connectivity index (χ0v) is 13.8. The summed E-state index contributed by atoms with van der Waals surface area (Å²) in [5, 5.41) is 9.63. The molecule has 1 aromatic heterocycles. The van der Waals surface area contributed by atoms with Crippen LogP contribution in [0.3, 0.4) is 0 Å². The van der Waals surface area contributed by atoms with Crippen molar-refractivity contribution < 1.29 is 27.5 Å². The summed E-state index contributed by atoms with van der Waals surface area (Å²) in [5.41, 5.74) is -0.877. The summed E-state index contributed by atoms with van der Waals surface area (Å²) in [7, 11) is 0. The van der Waals surface area contributed by atoms with Gasteiger partial charge in [-0.25, -0.2) is 22.4 Å². The largest absolute Gasteiger partial charge is 0.477 e. The number of hydrogen-bond acceptors (Lipinski definition) is 3. The van der Waals surface area contributed by atoms with Gasteiger partial charge in [0.1, 0.15) is 16.5 Å². The number of hydrogen-bond donors (Lipinski definition) is 2. The highest BCUT2D eigenvalue weighted by Gasteiger charge is 2.25. The zero-order chi connectivity index (χ0) is 17.6. The Kier molecular flexibility index (Phi) is 5.15. The molecule has 3 nitrogen and oxygen atoms in total. The van der Waals surface area contributed by atoms with Gasteiger partial charge in [-0.05, 0) is 30.7 Å². The molecule has 4 N–H and O–H groups in total. The van der Waals surface area contributed by atoms with Crippen LogP contribution in [-0.4, -0.2) is 11.1 Å². The Morgan fingerprint density at radius 2 is 1.80 bits per heavy atom. The molecule has 2 aromatic carbocycles. The molecule has 0 unspecified atom stereocenters. The van der Waals surface area contributed by atoms with E-state index in [1.54, 1.807) is 0 Å². The second kappa shape index (κ2) is 6.81. The molecule has 0 fully saturated rings. The van der Waals surface area contributed by atoms with Crippen molar-refractivity contribution in [2.75, 3.05) is 0 Å². The van der Waals surface area contributed by atoms with Gasteiger partial charge in [-0.2, -0.15) is 0 Å². The van der Waals surface area contributed by atoms with Crippen LogP contribution in [0.5, 0.6) is 0 Å². The normalized spacial score (nSPS) is 10.8. The summed E-state index contributed by atoms with van der Waals surface area (Å²) in [5.74, 6) is -5.49. The molecule has 0 aliphatic rings. The number of aromatic carboxylic acids is 1. The number of carboxylic acid groups (broad SMARTS) is 1.